The smallest absolute Gasteiger partial charge is 0.153 e. The number of aromatic hydroxyl groups is 1. The van der Waals surface area contributed by atoms with Gasteiger partial charge in [-0.05, 0) is 19.9 Å². The van der Waals surface area contributed by atoms with E-state index in [0.717, 1.165) is 0 Å². The fourth-order valence-corrected chi connectivity index (χ4v) is 1.08. The molecule has 0 unspecified atom stereocenters. The van der Waals surface area contributed by atoms with Crippen molar-refractivity contribution < 1.29 is 14.6 Å². The zero-order chi connectivity index (χ0) is 10.6. The van der Waals surface area contributed by atoms with E-state index < -0.39 is 0 Å². The first-order chi connectivity index (χ1) is 6.65. The summed E-state index contributed by atoms with van der Waals surface area (Å²) in [4.78, 5) is 10.5. The van der Waals surface area contributed by atoms with E-state index >= 15 is 0 Å². The molecule has 1 aromatic rings. The first-order valence-corrected chi connectivity index (χ1v) is 4.52. The molecular formula is C11H14O3. The van der Waals surface area contributed by atoms with E-state index in [9.17, 15) is 9.90 Å². The van der Waals surface area contributed by atoms with Crippen LogP contribution in [0.5, 0.6) is 5.75 Å². The molecule has 0 heterocycles. The number of ether oxygens (including phenoxy) is 1. The molecule has 0 bridgehead atoms. The van der Waals surface area contributed by atoms with E-state index in [0.29, 0.717) is 24.0 Å². The van der Waals surface area contributed by atoms with Gasteiger partial charge in [-0.15, -0.1) is 0 Å². The second kappa shape index (κ2) is 4.77. The molecule has 0 spiro atoms. The predicted molar refractivity (Wildman–Crippen MR) is 53.4 cm³/mol. The summed E-state index contributed by atoms with van der Waals surface area (Å²) in [5.41, 5.74) is 0.943. The lowest BCUT2D eigenvalue weighted by Gasteiger charge is -2.09. The molecule has 0 radical (unpaired) electrons. The van der Waals surface area contributed by atoms with E-state index in [1.54, 1.807) is 18.2 Å². The summed E-state index contributed by atoms with van der Waals surface area (Å²) in [7, 11) is 0. The SMILES string of the molecule is CC(C)OCc1cccc(C=O)c1O. The van der Waals surface area contributed by atoms with Gasteiger partial charge in [0.25, 0.3) is 0 Å². The number of carbonyl (C=O) groups excluding carboxylic acids is 1. The van der Waals surface area contributed by atoms with Gasteiger partial charge < -0.3 is 9.84 Å². The molecule has 0 aliphatic heterocycles. The minimum atomic E-state index is 0.0168. The predicted octanol–water partition coefficient (Wildman–Crippen LogP) is 2.13. The summed E-state index contributed by atoms with van der Waals surface area (Å²) in [5, 5.41) is 9.59. The molecule has 0 aliphatic rings. The molecule has 1 N–H and O–H groups in total. The summed E-state index contributed by atoms with van der Waals surface area (Å²) in [5.74, 6) is 0.0168. The van der Waals surface area contributed by atoms with Crippen molar-refractivity contribution in [2.24, 2.45) is 0 Å². The van der Waals surface area contributed by atoms with E-state index in [2.05, 4.69) is 0 Å². The maximum atomic E-state index is 10.5. The normalized spacial score (nSPS) is 10.5. The molecule has 3 heteroatoms. The van der Waals surface area contributed by atoms with Crippen LogP contribution in [0.2, 0.25) is 0 Å². The number of carbonyl (C=O) groups is 1. The van der Waals surface area contributed by atoms with Gasteiger partial charge in [-0.3, -0.25) is 4.79 Å². The van der Waals surface area contributed by atoms with Gasteiger partial charge in [-0.2, -0.15) is 0 Å². The lowest BCUT2D eigenvalue weighted by Crippen LogP contribution is -2.02. The number of para-hydroxylation sites is 1. The highest BCUT2D eigenvalue weighted by molar-refractivity contribution is 5.79. The molecule has 0 atom stereocenters. The van der Waals surface area contributed by atoms with Crippen LogP contribution in [0.4, 0.5) is 0 Å². The second-order valence-electron chi connectivity index (χ2n) is 3.33. The maximum absolute atomic E-state index is 10.5. The van der Waals surface area contributed by atoms with Crippen LogP contribution in [0.3, 0.4) is 0 Å². The van der Waals surface area contributed by atoms with E-state index in [1.807, 2.05) is 13.8 Å². The Kier molecular flexibility index (Phi) is 3.65. The van der Waals surface area contributed by atoms with Gasteiger partial charge in [-0.1, -0.05) is 12.1 Å². The molecule has 76 valence electrons. The molecule has 3 nitrogen and oxygen atoms in total. The van der Waals surface area contributed by atoms with Crippen LogP contribution < -0.4 is 0 Å². The minimum Gasteiger partial charge on any atom is -0.507 e. The van der Waals surface area contributed by atoms with Crippen LogP contribution in [-0.4, -0.2) is 17.5 Å². The number of phenolic OH excluding ortho intramolecular Hbond substituents is 1. The molecule has 0 aromatic heterocycles. The lowest BCUT2D eigenvalue weighted by atomic mass is 10.1. The van der Waals surface area contributed by atoms with Crippen molar-refractivity contribution in [1.29, 1.82) is 0 Å². The highest BCUT2D eigenvalue weighted by atomic mass is 16.5. The standard InChI is InChI=1S/C11H14O3/c1-8(2)14-7-10-5-3-4-9(6-12)11(10)13/h3-6,8,13H,7H2,1-2H3. The van der Waals surface area contributed by atoms with E-state index in [-0.39, 0.29) is 11.9 Å². The number of benzene rings is 1. The first-order valence-electron chi connectivity index (χ1n) is 4.52. The minimum absolute atomic E-state index is 0.0168. The van der Waals surface area contributed by atoms with Crippen molar-refractivity contribution in [2.45, 2.75) is 26.6 Å². The Hall–Kier alpha value is -1.35. The summed E-state index contributed by atoms with van der Waals surface area (Å²) in [6.07, 6.45) is 0.739. The average Bonchev–Trinajstić information content (AvgIpc) is 2.16. The number of hydrogen-bond donors (Lipinski definition) is 1. The highest BCUT2D eigenvalue weighted by Gasteiger charge is 2.06. The zero-order valence-corrected chi connectivity index (χ0v) is 8.36. The van der Waals surface area contributed by atoms with E-state index in [4.69, 9.17) is 4.74 Å². The molecule has 0 amide bonds. The first kappa shape index (κ1) is 10.7. The summed E-state index contributed by atoms with van der Waals surface area (Å²) in [6.45, 7) is 4.16. The van der Waals surface area contributed by atoms with Crippen molar-refractivity contribution in [3.05, 3.63) is 29.3 Å². The van der Waals surface area contributed by atoms with Gasteiger partial charge in [0, 0.05) is 5.56 Å². The third kappa shape index (κ3) is 2.57. The Morgan fingerprint density at radius 1 is 1.50 bits per heavy atom. The largest absolute Gasteiger partial charge is 0.507 e. The molecule has 0 fully saturated rings. The Morgan fingerprint density at radius 2 is 2.21 bits per heavy atom. The number of hydrogen-bond acceptors (Lipinski definition) is 3. The van der Waals surface area contributed by atoms with Gasteiger partial charge in [0.05, 0.1) is 18.3 Å². The Balaban J connectivity index is 2.81. The topological polar surface area (TPSA) is 46.5 Å². The summed E-state index contributed by atoms with van der Waals surface area (Å²) >= 11 is 0. The van der Waals surface area contributed by atoms with Gasteiger partial charge in [0.2, 0.25) is 0 Å². The molecule has 1 rings (SSSR count). The number of aldehydes is 1. The van der Waals surface area contributed by atoms with Crippen molar-refractivity contribution >= 4 is 6.29 Å². The fourth-order valence-electron chi connectivity index (χ4n) is 1.08. The quantitative estimate of drug-likeness (QED) is 0.747. The average molecular weight is 194 g/mol. The van der Waals surface area contributed by atoms with Crippen molar-refractivity contribution in [3.63, 3.8) is 0 Å². The molecule has 0 saturated heterocycles. The summed E-state index contributed by atoms with van der Waals surface area (Å²) < 4.78 is 5.33. The molecule has 14 heavy (non-hydrogen) atoms. The number of rotatable bonds is 4. The Bertz CT molecular complexity index is 318. The van der Waals surface area contributed by atoms with E-state index in [1.165, 1.54) is 0 Å². The van der Waals surface area contributed by atoms with Crippen LogP contribution in [-0.2, 0) is 11.3 Å². The zero-order valence-electron chi connectivity index (χ0n) is 8.36. The Labute approximate surface area is 83.3 Å². The van der Waals surface area contributed by atoms with Crippen LogP contribution in [0.25, 0.3) is 0 Å². The summed E-state index contributed by atoms with van der Waals surface area (Å²) in [6, 6.07) is 5.04. The monoisotopic (exact) mass is 194 g/mol. The molecule has 0 saturated carbocycles. The van der Waals surface area contributed by atoms with Crippen molar-refractivity contribution in [2.75, 3.05) is 0 Å². The molecule has 0 aliphatic carbocycles. The van der Waals surface area contributed by atoms with Crippen LogP contribution in [0, 0.1) is 0 Å². The van der Waals surface area contributed by atoms with Crippen LogP contribution >= 0.6 is 0 Å². The molecule has 1 aromatic carbocycles. The third-order valence-corrected chi connectivity index (χ3v) is 1.85. The van der Waals surface area contributed by atoms with Crippen LogP contribution in [0.1, 0.15) is 29.8 Å². The maximum Gasteiger partial charge on any atom is 0.153 e. The van der Waals surface area contributed by atoms with Gasteiger partial charge in [-0.25, -0.2) is 0 Å². The van der Waals surface area contributed by atoms with Gasteiger partial charge in [0.1, 0.15) is 5.75 Å². The van der Waals surface area contributed by atoms with Crippen LogP contribution in [0.15, 0.2) is 18.2 Å². The van der Waals surface area contributed by atoms with Gasteiger partial charge >= 0.3 is 0 Å². The third-order valence-electron chi connectivity index (χ3n) is 1.85. The van der Waals surface area contributed by atoms with Crippen molar-refractivity contribution in [3.8, 4) is 5.75 Å². The highest BCUT2D eigenvalue weighted by Crippen LogP contribution is 2.21. The number of phenols is 1. The Morgan fingerprint density at radius 3 is 2.79 bits per heavy atom. The lowest BCUT2D eigenvalue weighted by molar-refractivity contribution is 0.0644. The van der Waals surface area contributed by atoms with Crippen molar-refractivity contribution in [1.82, 2.24) is 0 Å². The fraction of sp³-hybridized carbons (Fsp3) is 0.364. The van der Waals surface area contributed by atoms with Gasteiger partial charge in [0.15, 0.2) is 6.29 Å². The molecular weight excluding hydrogens is 180 g/mol. The second-order valence-corrected chi connectivity index (χ2v) is 3.33.